The Labute approximate surface area is 258 Å². The summed E-state index contributed by atoms with van der Waals surface area (Å²) in [5, 5.41) is 24.7. The van der Waals surface area contributed by atoms with Crippen molar-refractivity contribution in [1.82, 2.24) is 0 Å². The molecule has 2 atom stereocenters. The van der Waals surface area contributed by atoms with Crippen LogP contribution in [0.5, 0.6) is 0 Å². The van der Waals surface area contributed by atoms with Crippen molar-refractivity contribution in [2.45, 2.75) is 25.9 Å². The number of hydrogen-bond donors (Lipinski definition) is 2. The van der Waals surface area contributed by atoms with Crippen molar-refractivity contribution in [3.63, 3.8) is 0 Å². The molecule has 0 aliphatic carbocycles. The fourth-order valence-electron chi connectivity index (χ4n) is 4.37. The van der Waals surface area contributed by atoms with Crippen molar-refractivity contribution < 1.29 is 31.3 Å². The molecule has 6 aromatic carbocycles. The molecular formula is C38H38N2O4. The van der Waals surface area contributed by atoms with Gasteiger partial charge in [-0.3, -0.25) is 0 Å². The first-order valence-electron chi connectivity index (χ1n) is 14.3. The molecule has 0 bridgehead atoms. The quantitative estimate of drug-likeness (QED) is 0.317. The highest BCUT2D eigenvalue weighted by Crippen LogP contribution is 2.18. The molecular weight excluding hydrogens is 548 g/mol. The number of quaternary nitrogens is 2. The monoisotopic (exact) mass is 586 g/mol. The summed E-state index contributed by atoms with van der Waals surface area (Å²) in [7, 11) is 0. The van der Waals surface area contributed by atoms with Crippen molar-refractivity contribution in [2.24, 2.45) is 0 Å². The number of benzene rings is 6. The molecule has 0 aliphatic rings. The predicted octanol–water partition coefficient (Wildman–Crippen LogP) is 4.39. The summed E-state index contributed by atoms with van der Waals surface area (Å²) >= 11 is 0. The van der Waals surface area contributed by atoms with E-state index in [1.54, 1.807) is 36.4 Å². The third-order valence-corrected chi connectivity index (χ3v) is 6.76. The zero-order valence-corrected chi connectivity index (χ0v) is 25.1. The van der Waals surface area contributed by atoms with Gasteiger partial charge >= 0.3 is 0 Å². The van der Waals surface area contributed by atoms with Crippen LogP contribution in [0.4, 0.5) is 0 Å². The fraction of sp³-hybridized carbons (Fsp3) is 0.105. The van der Waals surface area contributed by atoms with Crippen LogP contribution in [0.25, 0.3) is 21.5 Å². The minimum Gasteiger partial charge on any atom is -0.545 e. The number of carboxylic acid groups (broad SMARTS) is 2. The SMILES string of the molecule is C[C@@H]([NH3+])c1ccccc1.C[C@H]([NH3+])c1ccccc1.O=C([O-])c1cccc2ccccc12.O=C([O-])c1cccc2ccccc12. The standard InChI is InChI=1S/2C11H8O2.2C8H11N/c2*12-11(13)10-7-3-5-8-4-1-2-6-9(8)10;2*1-7(9)8-5-3-2-4-6-8/h2*1-7H,(H,12,13);2*2-7H,9H2,1H3/t;;2*7-/m..10/s1. The second kappa shape index (κ2) is 17.0. The molecule has 6 heteroatoms. The van der Waals surface area contributed by atoms with Crippen molar-refractivity contribution in [1.29, 1.82) is 0 Å². The van der Waals surface area contributed by atoms with Gasteiger partial charge in [-0.05, 0) is 35.4 Å². The van der Waals surface area contributed by atoms with Crippen LogP contribution in [-0.2, 0) is 0 Å². The van der Waals surface area contributed by atoms with Gasteiger partial charge in [0.2, 0.25) is 0 Å². The Bertz CT molecular complexity index is 1630. The van der Waals surface area contributed by atoms with Gasteiger partial charge in [0, 0.05) is 22.3 Å². The van der Waals surface area contributed by atoms with E-state index in [0.29, 0.717) is 12.1 Å². The van der Waals surface area contributed by atoms with E-state index in [-0.39, 0.29) is 11.1 Å². The van der Waals surface area contributed by atoms with Crippen molar-refractivity contribution in [2.75, 3.05) is 0 Å². The van der Waals surface area contributed by atoms with E-state index in [2.05, 4.69) is 49.6 Å². The highest BCUT2D eigenvalue weighted by atomic mass is 16.4. The average molecular weight is 587 g/mol. The smallest absolute Gasteiger partial charge is 0.107 e. The van der Waals surface area contributed by atoms with Gasteiger partial charge in [0.25, 0.3) is 0 Å². The summed E-state index contributed by atoms with van der Waals surface area (Å²) in [6.45, 7) is 4.19. The molecule has 6 N–H and O–H groups in total. The minimum absolute atomic E-state index is 0.248. The summed E-state index contributed by atoms with van der Waals surface area (Å²) in [4.78, 5) is 21.4. The highest BCUT2D eigenvalue weighted by molar-refractivity contribution is 6.03. The lowest BCUT2D eigenvalue weighted by atomic mass is 10.1. The number of carbonyl (C=O) groups excluding carboxylic acids is 2. The fourth-order valence-corrected chi connectivity index (χ4v) is 4.37. The molecule has 0 saturated heterocycles. The van der Waals surface area contributed by atoms with E-state index in [9.17, 15) is 19.8 Å². The van der Waals surface area contributed by atoms with Gasteiger partial charge in [0.15, 0.2) is 0 Å². The van der Waals surface area contributed by atoms with Crippen molar-refractivity contribution >= 4 is 33.5 Å². The van der Waals surface area contributed by atoms with Gasteiger partial charge in [-0.25, -0.2) is 0 Å². The first-order valence-corrected chi connectivity index (χ1v) is 14.3. The van der Waals surface area contributed by atoms with E-state index in [1.165, 1.54) is 11.1 Å². The Balaban J connectivity index is 0.000000163. The Morgan fingerprint density at radius 2 is 0.750 bits per heavy atom. The molecule has 44 heavy (non-hydrogen) atoms. The minimum atomic E-state index is -1.13. The first-order chi connectivity index (χ1) is 21.2. The third kappa shape index (κ3) is 9.91. The Morgan fingerprint density at radius 3 is 1.05 bits per heavy atom. The van der Waals surface area contributed by atoms with Gasteiger partial charge in [-0.1, -0.05) is 146 Å². The van der Waals surface area contributed by atoms with Crippen LogP contribution in [0.15, 0.2) is 146 Å². The summed E-state index contributed by atoms with van der Waals surface area (Å²) in [5.74, 6) is -2.26. The van der Waals surface area contributed by atoms with Crippen LogP contribution < -0.4 is 21.7 Å². The third-order valence-electron chi connectivity index (χ3n) is 6.76. The molecule has 0 aromatic heterocycles. The van der Waals surface area contributed by atoms with Crippen LogP contribution in [-0.4, -0.2) is 11.9 Å². The average Bonchev–Trinajstić information content (AvgIpc) is 3.06. The van der Waals surface area contributed by atoms with Crippen molar-refractivity contribution in [3.8, 4) is 0 Å². The summed E-state index contributed by atoms with van der Waals surface area (Å²) < 4.78 is 0. The zero-order valence-electron chi connectivity index (χ0n) is 25.1. The molecule has 0 unspecified atom stereocenters. The second-order valence-electron chi connectivity index (χ2n) is 10.3. The summed E-state index contributed by atoms with van der Waals surface area (Å²) in [6, 6.07) is 46.4. The van der Waals surface area contributed by atoms with Crippen LogP contribution in [0.3, 0.4) is 0 Å². The number of carboxylic acids is 2. The summed E-state index contributed by atoms with van der Waals surface area (Å²) in [6.07, 6.45) is 0. The summed E-state index contributed by atoms with van der Waals surface area (Å²) in [5.41, 5.74) is 10.9. The Morgan fingerprint density at radius 1 is 0.455 bits per heavy atom. The van der Waals surface area contributed by atoms with E-state index >= 15 is 0 Å². The van der Waals surface area contributed by atoms with Gasteiger partial charge in [0.05, 0.1) is 11.9 Å². The van der Waals surface area contributed by atoms with E-state index < -0.39 is 11.9 Å². The van der Waals surface area contributed by atoms with Gasteiger partial charge < -0.3 is 31.3 Å². The molecule has 0 radical (unpaired) electrons. The van der Waals surface area contributed by atoms with Gasteiger partial charge in [-0.15, -0.1) is 0 Å². The lowest BCUT2D eigenvalue weighted by Gasteiger charge is -2.05. The van der Waals surface area contributed by atoms with E-state index in [4.69, 9.17) is 0 Å². The molecule has 224 valence electrons. The highest BCUT2D eigenvalue weighted by Gasteiger charge is 2.01. The van der Waals surface area contributed by atoms with Gasteiger partial charge in [-0.2, -0.15) is 0 Å². The lowest BCUT2D eigenvalue weighted by molar-refractivity contribution is -0.420. The topological polar surface area (TPSA) is 136 Å². The number of rotatable bonds is 4. The molecule has 0 aliphatic heterocycles. The molecule has 0 saturated carbocycles. The molecule has 6 aromatic rings. The van der Waals surface area contributed by atoms with Crippen LogP contribution in [0, 0.1) is 0 Å². The number of aromatic carboxylic acids is 2. The molecule has 0 heterocycles. The van der Waals surface area contributed by atoms with E-state index in [0.717, 1.165) is 21.5 Å². The predicted molar refractivity (Wildman–Crippen MR) is 172 cm³/mol. The van der Waals surface area contributed by atoms with E-state index in [1.807, 2.05) is 84.9 Å². The maximum absolute atomic E-state index is 10.7. The van der Waals surface area contributed by atoms with Crippen molar-refractivity contribution in [3.05, 3.63) is 168 Å². The number of hydrogen-bond acceptors (Lipinski definition) is 4. The molecule has 6 rings (SSSR count). The number of fused-ring (bicyclic) bond motifs is 2. The Kier molecular flexibility index (Phi) is 12.8. The number of carbonyl (C=O) groups is 2. The zero-order chi connectivity index (χ0) is 31.9. The van der Waals surface area contributed by atoms with Gasteiger partial charge in [0.1, 0.15) is 12.1 Å². The normalized spacial score (nSPS) is 11.4. The molecule has 0 fully saturated rings. The Hall–Kier alpha value is -5.30. The largest absolute Gasteiger partial charge is 0.545 e. The molecule has 6 nitrogen and oxygen atoms in total. The van der Waals surface area contributed by atoms with Crippen LogP contribution in [0.1, 0.15) is 57.8 Å². The maximum Gasteiger partial charge on any atom is 0.107 e. The molecule has 0 spiro atoms. The lowest BCUT2D eigenvalue weighted by Crippen LogP contribution is -2.51. The molecule has 0 amide bonds. The van der Waals surface area contributed by atoms with Crippen LogP contribution in [0.2, 0.25) is 0 Å². The second-order valence-corrected chi connectivity index (χ2v) is 10.3. The first kappa shape index (κ1) is 33.2. The maximum atomic E-state index is 10.7. The van der Waals surface area contributed by atoms with Crippen LogP contribution >= 0.6 is 0 Å².